The number of carbonyl (C=O) groups excluding carboxylic acids is 3. The van der Waals surface area contributed by atoms with Crippen molar-refractivity contribution in [2.24, 2.45) is 0 Å². The highest BCUT2D eigenvalue weighted by Gasteiger charge is 2.34. The predicted octanol–water partition coefficient (Wildman–Crippen LogP) is 1.47. The van der Waals surface area contributed by atoms with E-state index in [9.17, 15) is 22.8 Å². The molecule has 0 bridgehead atoms. The van der Waals surface area contributed by atoms with Crippen molar-refractivity contribution in [1.82, 2.24) is 4.90 Å². The molecule has 1 aromatic rings. The van der Waals surface area contributed by atoms with Crippen LogP contribution in [0.15, 0.2) is 24.3 Å². The van der Waals surface area contributed by atoms with Gasteiger partial charge in [-0.1, -0.05) is 25.5 Å². The van der Waals surface area contributed by atoms with Crippen LogP contribution in [0.4, 0.5) is 0 Å². The number of aldehydes is 1. The highest BCUT2D eigenvalue weighted by Crippen LogP contribution is 2.19. The van der Waals surface area contributed by atoms with Crippen molar-refractivity contribution in [3.63, 3.8) is 0 Å². The Morgan fingerprint density at radius 1 is 1.27 bits per heavy atom. The Morgan fingerprint density at radius 2 is 1.96 bits per heavy atom. The standard InChI is InChI=1S/C18H23NO6S/c1-2-3-9-19(16-8-10-26(23,24)13-16)17(21)12-25-18(22)15-6-4-14(11-20)5-7-15/h4-7,11,16H,2-3,8-10,12-13H2,1H3. The Bertz CT molecular complexity index is 756. The Balaban J connectivity index is 1.97. The van der Waals surface area contributed by atoms with Crippen molar-refractivity contribution < 1.29 is 27.5 Å². The average molecular weight is 381 g/mol. The molecule has 0 aliphatic carbocycles. The first-order valence-electron chi connectivity index (χ1n) is 8.58. The fourth-order valence-corrected chi connectivity index (χ4v) is 4.58. The number of ether oxygens (including phenoxy) is 1. The van der Waals surface area contributed by atoms with E-state index in [-0.39, 0.29) is 23.1 Å². The van der Waals surface area contributed by atoms with E-state index < -0.39 is 28.3 Å². The Morgan fingerprint density at radius 3 is 2.50 bits per heavy atom. The van der Waals surface area contributed by atoms with Crippen LogP contribution in [0.3, 0.4) is 0 Å². The van der Waals surface area contributed by atoms with Crippen LogP contribution in [0, 0.1) is 0 Å². The summed E-state index contributed by atoms with van der Waals surface area (Å²) in [5.41, 5.74) is 0.678. The van der Waals surface area contributed by atoms with Gasteiger partial charge in [0.05, 0.1) is 17.1 Å². The van der Waals surface area contributed by atoms with Crippen molar-refractivity contribution in [1.29, 1.82) is 0 Å². The maximum Gasteiger partial charge on any atom is 0.338 e. The molecule has 1 fully saturated rings. The average Bonchev–Trinajstić information content (AvgIpc) is 2.99. The summed E-state index contributed by atoms with van der Waals surface area (Å²) in [4.78, 5) is 36.7. The van der Waals surface area contributed by atoms with Crippen LogP contribution in [0.2, 0.25) is 0 Å². The summed E-state index contributed by atoms with van der Waals surface area (Å²) >= 11 is 0. The van der Waals surface area contributed by atoms with Gasteiger partial charge in [-0.05, 0) is 25.0 Å². The minimum absolute atomic E-state index is 0.0381. The van der Waals surface area contributed by atoms with Gasteiger partial charge in [0.2, 0.25) is 0 Å². The maximum atomic E-state index is 12.5. The van der Waals surface area contributed by atoms with Crippen LogP contribution in [0.5, 0.6) is 0 Å². The first kappa shape index (κ1) is 20.1. The SMILES string of the molecule is CCCCN(C(=O)COC(=O)c1ccc(C=O)cc1)C1CCS(=O)(=O)C1. The van der Waals surface area contributed by atoms with Gasteiger partial charge in [0.25, 0.3) is 5.91 Å². The molecule has 0 N–H and O–H groups in total. The van der Waals surface area contributed by atoms with Gasteiger partial charge in [-0.15, -0.1) is 0 Å². The number of nitrogens with zero attached hydrogens (tertiary/aromatic N) is 1. The maximum absolute atomic E-state index is 12.5. The number of rotatable bonds is 8. The normalized spacial score (nSPS) is 18.3. The van der Waals surface area contributed by atoms with Crippen molar-refractivity contribution in [3.05, 3.63) is 35.4 Å². The number of carbonyl (C=O) groups is 3. The largest absolute Gasteiger partial charge is 0.452 e. The fourth-order valence-electron chi connectivity index (χ4n) is 2.85. The summed E-state index contributed by atoms with van der Waals surface area (Å²) in [5.74, 6) is -1.01. The zero-order chi connectivity index (χ0) is 19.2. The van der Waals surface area contributed by atoms with Gasteiger partial charge >= 0.3 is 5.97 Å². The summed E-state index contributed by atoms with van der Waals surface area (Å²) in [5, 5.41) is 0. The molecule has 1 aliphatic heterocycles. The lowest BCUT2D eigenvalue weighted by Gasteiger charge is -2.28. The summed E-state index contributed by atoms with van der Waals surface area (Å²) < 4.78 is 28.5. The monoisotopic (exact) mass is 381 g/mol. The van der Waals surface area contributed by atoms with Gasteiger partial charge in [0.1, 0.15) is 6.29 Å². The molecule has 1 amide bonds. The van der Waals surface area contributed by atoms with Crippen molar-refractivity contribution in [2.75, 3.05) is 24.7 Å². The van der Waals surface area contributed by atoms with E-state index in [0.29, 0.717) is 24.8 Å². The third-order valence-corrected chi connectivity index (χ3v) is 6.08. The van der Waals surface area contributed by atoms with Gasteiger partial charge < -0.3 is 9.64 Å². The first-order chi connectivity index (χ1) is 12.4. The molecule has 2 rings (SSSR count). The molecule has 1 heterocycles. The van der Waals surface area contributed by atoms with E-state index in [2.05, 4.69) is 0 Å². The first-order valence-corrected chi connectivity index (χ1v) is 10.4. The smallest absolute Gasteiger partial charge is 0.338 e. The predicted molar refractivity (Wildman–Crippen MR) is 95.8 cm³/mol. The highest BCUT2D eigenvalue weighted by atomic mass is 32.2. The molecule has 0 aromatic heterocycles. The lowest BCUT2D eigenvalue weighted by Crippen LogP contribution is -2.43. The topological polar surface area (TPSA) is 97.8 Å². The molecule has 1 aromatic carbocycles. The minimum Gasteiger partial charge on any atom is -0.452 e. The molecule has 7 nitrogen and oxygen atoms in total. The second kappa shape index (κ2) is 8.93. The number of benzene rings is 1. The van der Waals surface area contributed by atoms with Crippen LogP contribution in [-0.4, -0.2) is 62.2 Å². The number of amides is 1. The second-order valence-corrected chi connectivity index (χ2v) is 8.54. The summed E-state index contributed by atoms with van der Waals surface area (Å²) in [7, 11) is -3.11. The van der Waals surface area contributed by atoms with E-state index in [1.165, 1.54) is 29.2 Å². The van der Waals surface area contributed by atoms with Crippen LogP contribution in [-0.2, 0) is 19.4 Å². The van der Waals surface area contributed by atoms with Crippen molar-refractivity contribution >= 4 is 28.0 Å². The van der Waals surface area contributed by atoms with E-state index in [1.54, 1.807) is 0 Å². The van der Waals surface area contributed by atoms with Gasteiger partial charge in [0.15, 0.2) is 16.4 Å². The van der Waals surface area contributed by atoms with Crippen LogP contribution >= 0.6 is 0 Å². The van der Waals surface area contributed by atoms with Crippen molar-refractivity contribution in [3.8, 4) is 0 Å². The Labute approximate surface area is 153 Å². The lowest BCUT2D eigenvalue weighted by atomic mass is 10.1. The zero-order valence-corrected chi connectivity index (χ0v) is 15.5. The fraction of sp³-hybridized carbons (Fsp3) is 0.500. The quantitative estimate of drug-likeness (QED) is 0.500. The molecule has 142 valence electrons. The molecule has 0 radical (unpaired) electrons. The third kappa shape index (κ3) is 5.39. The minimum atomic E-state index is -3.11. The lowest BCUT2D eigenvalue weighted by molar-refractivity contribution is -0.136. The molecule has 1 saturated heterocycles. The number of hydrogen-bond donors (Lipinski definition) is 0. The molecule has 0 saturated carbocycles. The van der Waals surface area contributed by atoms with E-state index in [4.69, 9.17) is 4.74 Å². The molecule has 1 aliphatic rings. The Kier molecular flexibility index (Phi) is 6.90. The highest BCUT2D eigenvalue weighted by molar-refractivity contribution is 7.91. The molecule has 8 heteroatoms. The van der Waals surface area contributed by atoms with Gasteiger partial charge in [-0.25, -0.2) is 13.2 Å². The van der Waals surface area contributed by atoms with Crippen LogP contribution in [0.25, 0.3) is 0 Å². The van der Waals surface area contributed by atoms with Crippen LogP contribution in [0.1, 0.15) is 46.9 Å². The number of esters is 1. The van der Waals surface area contributed by atoms with Gasteiger partial charge in [-0.2, -0.15) is 0 Å². The number of hydrogen-bond acceptors (Lipinski definition) is 6. The molecular formula is C18H23NO6S. The second-order valence-electron chi connectivity index (χ2n) is 6.31. The number of sulfone groups is 1. The van der Waals surface area contributed by atoms with Gasteiger partial charge in [0, 0.05) is 18.2 Å². The molecule has 1 atom stereocenters. The summed E-state index contributed by atoms with van der Waals surface area (Å²) in [6, 6.07) is 5.53. The summed E-state index contributed by atoms with van der Waals surface area (Å²) in [6.07, 6.45) is 2.70. The molecule has 1 unspecified atom stereocenters. The third-order valence-electron chi connectivity index (χ3n) is 4.33. The van der Waals surface area contributed by atoms with Crippen LogP contribution < -0.4 is 0 Å². The zero-order valence-electron chi connectivity index (χ0n) is 14.7. The number of unbranched alkanes of at least 4 members (excludes halogenated alkanes) is 1. The van der Waals surface area contributed by atoms with Crippen molar-refractivity contribution in [2.45, 2.75) is 32.2 Å². The van der Waals surface area contributed by atoms with E-state index in [1.807, 2.05) is 6.92 Å². The molecule has 26 heavy (non-hydrogen) atoms. The Hall–Kier alpha value is -2.22. The summed E-state index contributed by atoms with van der Waals surface area (Å²) in [6.45, 7) is 1.99. The van der Waals surface area contributed by atoms with Gasteiger partial charge in [-0.3, -0.25) is 9.59 Å². The molecule has 0 spiro atoms. The van der Waals surface area contributed by atoms with E-state index >= 15 is 0 Å². The van der Waals surface area contributed by atoms with E-state index in [0.717, 1.165) is 12.8 Å². The molecular weight excluding hydrogens is 358 g/mol.